The third-order valence-electron chi connectivity index (χ3n) is 3.30. The highest BCUT2D eigenvalue weighted by molar-refractivity contribution is 7.85. The summed E-state index contributed by atoms with van der Waals surface area (Å²) in [7, 11) is -2.91. The Balaban J connectivity index is 2.49. The van der Waals surface area contributed by atoms with E-state index in [-0.39, 0.29) is 17.1 Å². The van der Waals surface area contributed by atoms with Crippen LogP contribution in [0.1, 0.15) is 10.4 Å². The first-order chi connectivity index (χ1) is 12.6. The third kappa shape index (κ3) is 4.99. The van der Waals surface area contributed by atoms with Gasteiger partial charge in [-0.05, 0) is 36.4 Å². The largest absolute Gasteiger partial charge is 0.478 e. The average Bonchev–Trinajstić information content (AvgIpc) is 2.59. The van der Waals surface area contributed by atoms with Gasteiger partial charge in [0, 0.05) is 12.7 Å². The van der Waals surface area contributed by atoms with E-state index < -0.39 is 32.6 Å². The van der Waals surface area contributed by atoms with Crippen LogP contribution in [0.5, 0.6) is 0 Å². The number of urea groups is 1. The second kappa shape index (κ2) is 7.80. The first-order valence-corrected chi connectivity index (χ1v) is 8.70. The van der Waals surface area contributed by atoms with Crippen LogP contribution >= 0.6 is 0 Å². The fraction of sp³-hybridized carbons (Fsp3) is 0.0667. The molecule has 0 aliphatic carbocycles. The zero-order valence-corrected chi connectivity index (χ0v) is 14.7. The van der Waals surface area contributed by atoms with Crippen molar-refractivity contribution in [3.05, 3.63) is 42.0 Å². The van der Waals surface area contributed by atoms with E-state index in [1.165, 1.54) is 6.07 Å². The number of primary amides is 1. The van der Waals surface area contributed by atoms with Crippen molar-refractivity contribution in [2.45, 2.75) is 4.90 Å². The summed E-state index contributed by atoms with van der Waals surface area (Å²) < 4.78 is 31.3. The highest BCUT2D eigenvalue weighted by Crippen LogP contribution is 2.31. The molecule has 2 aromatic carbocycles. The van der Waals surface area contributed by atoms with Gasteiger partial charge in [0.25, 0.3) is 10.1 Å². The van der Waals surface area contributed by atoms with Gasteiger partial charge in [0.15, 0.2) is 0 Å². The fourth-order valence-electron chi connectivity index (χ4n) is 2.05. The number of anilines is 2. The number of amides is 2. The Bertz CT molecular complexity index is 1030. The first-order valence-electron chi connectivity index (χ1n) is 7.26. The van der Waals surface area contributed by atoms with E-state index in [0.29, 0.717) is 5.69 Å². The zero-order valence-electron chi connectivity index (χ0n) is 13.9. The van der Waals surface area contributed by atoms with Crippen molar-refractivity contribution in [2.24, 2.45) is 16.0 Å². The standard InChI is InChI=1S/C15H15N5O6S/c1-17-8-2-4-12(13(6-8)18-15(16)23)20-19-11-5-3-9(27(24,25)26)7-10(11)14(21)22/h2-7,17H,1H3,(H,21,22)(H3,16,18,23)(H,24,25,26). The molecule has 0 aromatic heterocycles. The number of aromatic carboxylic acids is 1. The molecule has 2 rings (SSSR count). The Kier molecular flexibility index (Phi) is 5.72. The predicted molar refractivity (Wildman–Crippen MR) is 96.6 cm³/mol. The molecule has 11 nitrogen and oxygen atoms in total. The van der Waals surface area contributed by atoms with Crippen LogP contribution in [0.3, 0.4) is 0 Å². The summed E-state index contributed by atoms with van der Waals surface area (Å²) >= 11 is 0. The minimum atomic E-state index is -4.57. The van der Waals surface area contributed by atoms with Crippen molar-refractivity contribution in [3.63, 3.8) is 0 Å². The van der Waals surface area contributed by atoms with Crippen LogP contribution in [0.2, 0.25) is 0 Å². The molecule has 0 unspecified atom stereocenters. The number of nitrogens with zero attached hydrogens (tertiary/aromatic N) is 2. The number of benzene rings is 2. The number of nitrogens with one attached hydrogen (secondary N) is 2. The first kappa shape index (κ1) is 19.8. The molecule has 0 saturated heterocycles. The molecule has 0 heterocycles. The van der Waals surface area contributed by atoms with E-state index in [2.05, 4.69) is 20.9 Å². The lowest BCUT2D eigenvalue weighted by Gasteiger charge is -2.08. The normalized spacial score (nSPS) is 11.3. The minimum absolute atomic E-state index is 0.155. The molecule has 0 radical (unpaired) electrons. The Morgan fingerprint density at radius 2 is 1.70 bits per heavy atom. The summed E-state index contributed by atoms with van der Waals surface area (Å²) in [5.74, 6) is -1.46. The number of carboxylic acid groups (broad SMARTS) is 1. The zero-order chi connectivity index (χ0) is 20.2. The maximum absolute atomic E-state index is 11.3. The number of carbonyl (C=O) groups is 2. The highest BCUT2D eigenvalue weighted by Gasteiger charge is 2.17. The minimum Gasteiger partial charge on any atom is -0.478 e. The molecule has 2 amide bonds. The molecule has 142 valence electrons. The second-order valence-corrected chi connectivity index (χ2v) is 6.55. The Morgan fingerprint density at radius 1 is 1.07 bits per heavy atom. The summed E-state index contributed by atoms with van der Waals surface area (Å²) in [5.41, 5.74) is 5.54. The van der Waals surface area contributed by atoms with Gasteiger partial charge in [-0.1, -0.05) is 0 Å². The molecule has 0 bridgehead atoms. The highest BCUT2D eigenvalue weighted by atomic mass is 32.2. The molecule has 0 fully saturated rings. The van der Waals surface area contributed by atoms with Gasteiger partial charge in [0.2, 0.25) is 0 Å². The number of carboxylic acids is 1. The number of hydrogen-bond donors (Lipinski definition) is 5. The molecular weight excluding hydrogens is 378 g/mol. The molecule has 6 N–H and O–H groups in total. The fourth-order valence-corrected chi connectivity index (χ4v) is 2.56. The van der Waals surface area contributed by atoms with Crippen LogP contribution in [0.25, 0.3) is 0 Å². The lowest BCUT2D eigenvalue weighted by molar-refractivity contribution is 0.0697. The topological polar surface area (TPSA) is 184 Å². The van der Waals surface area contributed by atoms with Crippen LogP contribution in [-0.4, -0.2) is 37.1 Å². The van der Waals surface area contributed by atoms with E-state index in [1.54, 1.807) is 19.2 Å². The quantitative estimate of drug-likeness (QED) is 0.369. The van der Waals surface area contributed by atoms with Crippen LogP contribution in [-0.2, 0) is 10.1 Å². The van der Waals surface area contributed by atoms with Gasteiger partial charge in [-0.25, -0.2) is 9.59 Å². The van der Waals surface area contributed by atoms with Gasteiger partial charge >= 0.3 is 12.0 Å². The lowest BCUT2D eigenvalue weighted by atomic mass is 10.2. The van der Waals surface area contributed by atoms with Crippen molar-refractivity contribution >= 4 is 44.9 Å². The van der Waals surface area contributed by atoms with E-state index in [4.69, 9.17) is 10.3 Å². The Hall–Kier alpha value is -3.51. The smallest absolute Gasteiger partial charge is 0.338 e. The van der Waals surface area contributed by atoms with Crippen LogP contribution < -0.4 is 16.4 Å². The van der Waals surface area contributed by atoms with Crippen molar-refractivity contribution < 1.29 is 27.7 Å². The van der Waals surface area contributed by atoms with E-state index in [1.807, 2.05) is 0 Å². The van der Waals surface area contributed by atoms with Crippen LogP contribution in [0, 0.1) is 0 Å². The number of hydrogen-bond acceptors (Lipinski definition) is 7. The molecule has 0 atom stereocenters. The number of rotatable bonds is 6. The maximum atomic E-state index is 11.3. The van der Waals surface area contributed by atoms with Gasteiger partial charge in [-0.2, -0.15) is 8.42 Å². The van der Waals surface area contributed by atoms with Crippen LogP contribution in [0.4, 0.5) is 27.5 Å². The van der Waals surface area contributed by atoms with Crippen LogP contribution in [0.15, 0.2) is 51.5 Å². The Labute approximate surface area is 153 Å². The van der Waals surface area contributed by atoms with Crippen molar-refractivity contribution in [1.82, 2.24) is 0 Å². The molecule has 0 aliphatic heterocycles. The van der Waals surface area contributed by atoms with Gasteiger partial charge in [-0.3, -0.25) is 4.55 Å². The molecule has 0 aliphatic rings. The monoisotopic (exact) mass is 393 g/mol. The molecule has 12 heteroatoms. The summed E-state index contributed by atoms with van der Waals surface area (Å²) in [6.45, 7) is 0. The molecule has 2 aromatic rings. The molecular formula is C15H15N5O6S. The lowest BCUT2D eigenvalue weighted by Crippen LogP contribution is -2.19. The van der Waals surface area contributed by atoms with E-state index >= 15 is 0 Å². The van der Waals surface area contributed by atoms with Gasteiger partial charge < -0.3 is 21.5 Å². The summed E-state index contributed by atoms with van der Waals surface area (Å²) in [5, 5.41) is 22.2. The average molecular weight is 393 g/mol. The summed E-state index contributed by atoms with van der Waals surface area (Å²) in [4.78, 5) is 21.9. The van der Waals surface area contributed by atoms with Gasteiger partial charge in [0.05, 0.1) is 16.1 Å². The summed E-state index contributed by atoms with van der Waals surface area (Å²) in [6, 6.07) is 6.69. The maximum Gasteiger partial charge on any atom is 0.338 e. The Morgan fingerprint density at radius 3 is 2.26 bits per heavy atom. The number of nitrogens with two attached hydrogens (primary N) is 1. The predicted octanol–water partition coefficient (Wildman–Crippen LogP) is 2.58. The van der Waals surface area contributed by atoms with Gasteiger partial charge in [0.1, 0.15) is 11.4 Å². The van der Waals surface area contributed by atoms with E-state index in [9.17, 15) is 23.1 Å². The van der Waals surface area contributed by atoms with Crippen molar-refractivity contribution in [1.29, 1.82) is 0 Å². The second-order valence-electron chi connectivity index (χ2n) is 5.13. The third-order valence-corrected chi connectivity index (χ3v) is 4.15. The van der Waals surface area contributed by atoms with Crippen molar-refractivity contribution in [2.75, 3.05) is 17.7 Å². The molecule has 27 heavy (non-hydrogen) atoms. The van der Waals surface area contributed by atoms with Crippen molar-refractivity contribution in [3.8, 4) is 0 Å². The molecule has 0 saturated carbocycles. The molecule has 0 spiro atoms. The number of azo groups is 1. The van der Waals surface area contributed by atoms with Gasteiger partial charge in [-0.15, -0.1) is 10.2 Å². The number of carbonyl (C=O) groups excluding carboxylic acids is 1. The van der Waals surface area contributed by atoms with E-state index in [0.717, 1.165) is 18.2 Å². The SMILES string of the molecule is CNc1ccc(N=Nc2ccc(S(=O)(=O)O)cc2C(=O)O)c(NC(N)=O)c1. The summed E-state index contributed by atoms with van der Waals surface area (Å²) in [6.07, 6.45) is 0.